The molecule has 0 radical (unpaired) electrons. The number of aliphatic hydroxyl groups is 2. The summed E-state index contributed by atoms with van der Waals surface area (Å²) in [4.78, 5) is 62.4. The van der Waals surface area contributed by atoms with Gasteiger partial charge >= 0.3 is 29.2 Å². The Hall–Kier alpha value is -1.89. The van der Waals surface area contributed by atoms with Gasteiger partial charge in [0.25, 0.3) is 5.56 Å². The number of aromatic amines is 1. The van der Waals surface area contributed by atoms with Crippen molar-refractivity contribution in [2.75, 3.05) is 6.61 Å². The van der Waals surface area contributed by atoms with E-state index in [1.165, 1.54) is 4.68 Å². The molecule has 3 unspecified atom stereocenters. The van der Waals surface area contributed by atoms with Gasteiger partial charge in [-0.05, 0) is 6.42 Å². The molecule has 1 aliphatic rings. The van der Waals surface area contributed by atoms with Crippen LogP contribution in [0.2, 0.25) is 0 Å². The second-order valence-corrected chi connectivity index (χ2v) is 11.9. The number of aromatic nitrogens is 5. The van der Waals surface area contributed by atoms with Gasteiger partial charge in [-0.2, -0.15) is 8.62 Å². The Morgan fingerprint density at radius 1 is 1.05 bits per heavy atom. The van der Waals surface area contributed by atoms with Crippen LogP contribution in [-0.4, -0.2) is 79.3 Å². The molecule has 3 rings (SSSR count). The van der Waals surface area contributed by atoms with Crippen molar-refractivity contribution in [3.8, 4) is 0 Å². The lowest BCUT2D eigenvalue weighted by Crippen LogP contribution is -2.39. The smallest absolute Gasteiger partial charge is 0.387 e. The number of H-pyrrole nitrogens is 1. The molecule has 0 aromatic carbocycles. The number of hydrogen-bond acceptors (Lipinski definition) is 13. The van der Waals surface area contributed by atoms with E-state index in [0.29, 0.717) is 12.1 Å². The Morgan fingerprint density at radius 3 is 2.32 bits per heavy atom. The molecule has 3 heterocycles. The van der Waals surface area contributed by atoms with Crippen molar-refractivity contribution in [2.24, 2.45) is 0 Å². The van der Waals surface area contributed by atoms with Gasteiger partial charge in [-0.25, -0.2) is 23.2 Å². The summed E-state index contributed by atoms with van der Waals surface area (Å²) in [7, 11) is -16.9. The zero-order valence-electron chi connectivity index (χ0n) is 18.6. The first-order valence-corrected chi connectivity index (χ1v) is 14.6. The number of hydrogen-bond donors (Lipinski definition) is 7. The molecule has 1 aliphatic heterocycles. The van der Waals surface area contributed by atoms with Gasteiger partial charge in [0.1, 0.15) is 18.3 Å². The first-order valence-electron chi connectivity index (χ1n) is 10.0. The van der Waals surface area contributed by atoms with Gasteiger partial charge < -0.3 is 34.5 Å². The van der Waals surface area contributed by atoms with Crippen molar-refractivity contribution >= 4 is 23.5 Å². The molecular weight excluding hydrogens is 571 g/mol. The molecule has 0 saturated carbocycles. The summed E-state index contributed by atoms with van der Waals surface area (Å²) in [6.45, 7) is 0.636. The first kappa shape index (κ1) is 29.7. The van der Waals surface area contributed by atoms with E-state index in [1.54, 1.807) is 6.20 Å². The maximum absolute atomic E-state index is 12.4. The molecule has 0 aliphatic carbocycles. The minimum absolute atomic E-state index is 0.00541. The third-order valence-electron chi connectivity index (χ3n) is 4.75. The van der Waals surface area contributed by atoms with Gasteiger partial charge in [0.2, 0.25) is 0 Å². The summed E-state index contributed by atoms with van der Waals surface area (Å²) in [5.41, 5.74) is -1.17. The number of rotatable bonds is 11. The molecule has 20 nitrogen and oxygen atoms in total. The number of phosphoric acid groups is 3. The van der Waals surface area contributed by atoms with E-state index < -0.39 is 65.9 Å². The molecule has 0 amide bonds. The monoisotopic (exact) mass is 593 g/mol. The van der Waals surface area contributed by atoms with Gasteiger partial charge in [0.15, 0.2) is 6.23 Å². The second-order valence-electron chi connectivity index (χ2n) is 7.51. The van der Waals surface area contributed by atoms with Crippen molar-refractivity contribution in [3.63, 3.8) is 0 Å². The average molecular weight is 593 g/mol. The normalized spacial score (nSPS) is 25.6. The predicted octanol–water partition coefficient (Wildman–Crippen LogP) is -2.30. The fourth-order valence-electron chi connectivity index (χ4n) is 3.15. The Bertz CT molecular complexity index is 1380. The molecule has 37 heavy (non-hydrogen) atoms. The molecule has 7 N–H and O–H groups in total. The number of aryl methyl sites for hydroxylation is 1. The van der Waals surface area contributed by atoms with E-state index in [9.17, 15) is 43.3 Å². The Morgan fingerprint density at radius 2 is 1.73 bits per heavy atom. The van der Waals surface area contributed by atoms with E-state index >= 15 is 0 Å². The standard InChI is InChI=1S/C14H22N5O15P3/c1-2-8-5-18(17-16-8)3-7-4-19(14(23)15-12(7)22)13-11(21)10(20)9(32-13)6-31-36(27,28)34-37(29,30)33-35(24,25)26/h4-5,9-11,13,20-21H,2-3,6H2,1H3,(H,27,28)(H,29,30)(H,15,22,23)(H2,24,25,26)/t9-,10?,11+,13-/m1/s1. The van der Waals surface area contributed by atoms with E-state index in [1.807, 2.05) is 11.9 Å². The van der Waals surface area contributed by atoms with Gasteiger partial charge in [-0.15, -0.1) is 5.10 Å². The molecule has 2 aromatic rings. The van der Waals surface area contributed by atoms with Gasteiger partial charge in [0, 0.05) is 12.4 Å². The third-order valence-corrected chi connectivity index (χ3v) is 8.55. The fraction of sp³-hybridized carbons (Fsp3) is 0.571. The van der Waals surface area contributed by atoms with Crippen molar-refractivity contribution in [1.29, 1.82) is 0 Å². The molecule has 0 spiro atoms. The van der Waals surface area contributed by atoms with Crippen LogP contribution in [0, 0.1) is 0 Å². The van der Waals surface area contributed by atoms with Crippen LogP contribution in [0.25, 0.3) is 0 Å². The van der Waals surface area contributed by atoms with Crippen LogP contribution in [0.4, 0.5) is 0 Å². The van der Waals surface area contributed by atoms with Crippen LogP contribution in [-0.2, 0) is 44.5 Å². The Labute approximate surface area is 205 Å². The maximum Gasteiger partial charge on any atom is 0.490 e. The Balaban J connectivity index is 1.73. The first-order chi connectivity index (χ1) is 17.0. The van der Waals surface area contributed by atoms with Crippen molar-refractivity contribution in [3.05, 3.63) is 44.5 Å². The van der Waals surface area contributed by atoms with Gasteiger partial charge in [0.05, 0.1) is 24.4 Å². The van der Waals surface area contributed by atoms with Crippen molar-refractivity contribution in [1.82, 2.24) is 24.5 Å². The van der Waals surface area contributed by atoms with E-state index in [2.05, 4.69) is 23.5 Å². The fourth-order valence-corrected chi connectivity index (χ4v) is 6.18. The van der Waals surface area contributed by atoms with Gasteiger partial charge in [-0.1, -0.05) is 12.1 Å². The average Bonchev–Trinajstić information content (AvgIpc) is 3.31. The number of phosphoric ester groups is 1. The maximum atomic E-state index is 12.4. The highest BCUT2D eigenvalue weighted by Gasteiger charge is 2.46. The summed E-state index contributed by atoms with van der Waals surface area (Å²) in [5.74, 6) is 0. The highest BCUT2D eigenvalue weighted by molar-refractivity contribution is 7.66. The SMILES string of the molecule is CCc1cn(Cc2cn([C@@H]3O[C@H](COP(=O)(O)OP(=O)(O)OP(=O)(O)O)C(O)[C@@H]3O)c(=O)[nH]c2=O)nn1. The lowest BCUT2D eigenvalue weighted by Gasteiger charge is -2.19. The highest BCUT2D eigenvalue weighted by atomic mass is 31.3. The topological polar surface area (TPSA) is 295 Å². The second kappa shape index (κ2) is 11.1. The zero-order chi connectivity index (χ0) is 27.8. The zero-order valence-corrected chi connectivity index (χ0v) is 21.3. The third kappa shape index (κ3) is 7.81. The van der Waals surface area contributed by atoms with E-state index in [0.717, 1.165) is 10.8 Å². The summed E-state index contributed by atoms with van der Waals surface area (Å²) >= 11 is 0. The van der Waals surface area contributed by atoms with Crippen LogP contribution >= 0.6 is 23.5 Å². The minimum atomic E-state index is -5.78. The molecule has 23 heteroatoms. The van der Waals surface area contributed by atoms with E-state index in [4.69, 9.17) is 14.5 Å². The number of nitrogens with one attached hydrogen (secondary N) is 1. The quantitative estimate of drug-likeness (QED) is 0.135. The minimum Gasteiger partial charge on any atom is -0.387 e. The summed E-state index contributed by atoms with van der Waals surface area (Å²) < 4.78 is 52.9. The summed E-state index contributed by atoms with van der Waals surface area (Å²) in [6, 6.07) is 0. The molecular formula is C14H22N5O15P3. The van der Waals surface area contributed by atoms with Gasteiger partial charge in [-0.3, -0.25) is 18.9 Å². The highest BCUT2D eigenvalue weighted by Crippen LogP contribution is 2.66. The molecule has 6 atom stereocenters. The number of nitrogens with zero attached hydrogens (tertiary/aromatic N) is 4. The van der Waals surface area contributed by atoms with Crippen LogP contribution in [0.3, 0.4) is 0 Å². The van der Waals surface area contributed by atoms with E-state index in [-0.39, 0.29) is 12.1 Å². The van der Waals surface area contributed by atoms with Crippen LogP contribution in [0.5, 0.6) is 0 Å². The molecule has 0 bridgehead atoms. The molecule has 2 aromatic heterocycles. The molecule has 1 fully saturated rings. The van der Waals surface area contributed by atoms with Crippen LogP contribution in [0.15, 0.2) is 22.0 Å². The van der Waals surface area contributed by atoms with Crippen molar-refractivity contribution < 1.29 is 61.4 Å². The summed E-state index contributed by atoms with van der Waals surface area (Å²) in [6.07, 6.45) is -3.74. The van der Waals surface area contributed by atoms with Crippen LogP contribution in [0.1, 0.15) is 24.4 Å². The largest absolute Gasteiger partial charge is 0.490 e. The van der Waals surface area contributed by atoms with Crippen molar-refractivity contribution in [2.45, 2.75) is 44.4 Å². The Kier molecular flexibility index (Phi) is 8.88. The van der Waals surface area contributed by atoms with Crippen LogP contribution < -0.4 is 11.2 Å². The predicted molar refractivity (Wildman–Crippen MR) is 116 cm³/mol. The summed E-state index contributed by atoms with van der Waals surface area (Å²) in [5, 5.41) is 28.3. The molecule has 208 valence electrons. The molecule has 1 saturated heterocycles. The lowest BCUT2D eigenvalue weighted by atomic mass is 10.1. The lowest BCUT2D eigenvalue weighted by molar-refractivity contribution is -0.0543. The number of aliphatic hydroxyl groups excluding tert-OH is 2. The number of ether oxygens (including phenoxy) is 1.